The molecule has 0 bridgehead atoms. The Hall–Kier alpha value is -5.32. The predicted octanol–water partition coefficient (Wildman–Crippen LogP) is 8.54. The second kappa shape index (κ2) is 19.7. The average molecular weight is 727 g/mol. The predicted molar refractivity (Wildman–Crippen MR) is 213 cm³/mol. The Labute approximate surface area is 318 Å². The maximum atomic E-state index is 12.9. The molecule has 5 aromatic carbocycles. The molecule has 2 amide bonds. The number of ether oxygens (including phenoxy) is 2. The molecule has 1 fully saturated rings. The van der Waals surface area contributed by atoms with Crippen LogP contribution in [0.2, 0.25) is 0 Å². The first-order chi connectivity index (χ1) is 26.4. The molecule has 9 heteroatoms. The lowest BCUT2D eigenvalue weighted by molar-refractivity contribution is -0.253. The number of nitrogens with one attached hydrogen (secondary N) is 2. The van der Waals surface area contributed by atoms with Gasteiger partial charge in [0, 0.05) is 50.1 Å². The van der Waals surface area contributed by atoms with Crippen molar-refractivity contribution in [2.75, 3.05) is 22.9 Å². The number of nitrogens with zero attached hydrogens (tertiary/aromatic N) is 1. The number of carbonyl (C=O) groups is 2. The number of benzene rings is 5. The average Bonchev–Trinajstić information content (AvgIpc) is 3.19. The molecule has 9 nitrogen and oxygen atoms in total. The van der Waals surface area contributed by atoms with E-state index < -0.39 is 6.29 Å². The van der Waals surface area contributed by atoms with Crippen molar-refractivity contribution < 1.29 is 24.2 Å². The maximum absolute atomic E-state index is 12.9. The second-order valence-corrected chi connectivity index (χ2v) is 13.9. The van der Waals surface area contributed by atoms with E-state index in [4.69, 9.17) is 15.2 Å². The number of nitrogen functional groups attached to an aromatic ring is 1. The summed E-state index contributed by atoms with van der Waals surface area (Å²) in [5, 5.41) is 15.5. The number of nitrogens with two attached hydrogens (primary N) is 1. The summed E-state index contributed by atoms with van der Waals surface area (Å²) in [5.74, 6) is -0.176. The van der Waals surface area contributed by atoms with Crippen molar-refractivity contribution in [2.45, 2.75) is 76.7 Å². The van der Waals surface area contributed by atoms with E-state index in [1.165, 1.54) is 11.1 Å². The van der Waals surface area contributed by atoms with Crippen LogP contribution in [-0.4, -0.2) is 34.5 Å². The van der Waals surface area contributed by atoms with Crippen LogP contribution >= 0.6 is 0 Å². The van der Waals surface area contributed by atoms with Crippen molar-refractivity contribution in [3.8, 4) is 0 Å². The molecule has 1 aliphatic heterocycles. The van der Waals surface area contributed by atoms with Crippen molar-refractivity contribution >= 4 is 28.9 Å². The number of unbranched alkanes of at least 4 members (excludes halogenated alkanes) is 2. The van der Waals surface area contributed by atoms with E-state index in [-0.39, 0.29) is 30.6 Å². The van der Waals surface area contributed by atoms with Crippen LogP contribution in [0, 0.1) is 0 Å². The van der Waals surface area contributed by atoms with E-state index >= 15 is 0 Å². The lowest BCUT2D eigenvalue weighted by Gasteiger charge is -2.38. The molecule has 0 radical (unpaired) electrons. The van der Waals surface area contributed by atoms with Crippen LogP contribution in [0.5, 0.6) is 0 Å². The first-order valence-corrected chi connectivity index (χ1v) is 18.8. The van der Waals surface area contributed by atoms with E-state index in [1.807, 2.05) is 72.8 Å². The maximum Gasteiger partial charge on any atom is 0.224 e. The highest BCUT2D eigenvalue weighted by molar-refractivity contribution is 5.93. The van der Waals surface area contributed by atoms with Crippen molar-refractivity contribution in [1.29, 1.82) is 0 Å². The smallest absolute Gasteiger partial charge is 0.224 e. The summed E-state index contributed by atoms with van der Waals surface area (Å²) >= 11 is 0. The quantitative estimate of drug-likeness (QED) is 0.0559. The van der Waals surface area contributed by atoms with Gasteiger partial charge in [-0.15, -0.1) is 0 Å². The molecule has 0 aliphatic carbocycles. The van der Waals surface area contributed by atoms with Crippen LogP contribution in [-0.2, 0) is 38.8 Å². The van der Waals surface area contributed by atoms with E-state index in [0.29, 0.717) is 55.7 Å². The molecule has 54 heavy (non-hydrogen) atoms. The van der Waals surface area contributed by atoms with Gasteiger partial charge in [0.15, 0.2) is 6.29 Å². The molecule has 0 unspecified atom stereocenters. The second-order valence-electron chi connectivity index (χ2n) is 13.9. The highest BCUT2D eigenvalue weighted by Crippen LogP contribution is 2.39. The fourth-order valence-electron chi connectivity index (χ4n) is 6.75. The number of anilines is 3. The van der Waals surface area contributed by atoms with Crippen LogP contribution < -0.4 is 16.4 Å². The lowest BCUT2D eigenvalue weighted by atomic mass is 9.99. The number of aliphatic hydroxyl groups is 1. The fourth-order valence-corrected chi connectivity index (χ4v) is 6.75. The van der Waals surface area contributed by atoms with Gasteiger partial charge in [0.1, 0.15) is 0 Å². The van der Waals surface area contributed by atoms with Crippen molar-refractivity contribution in [3.05, 3.63) is 161 Å². The number of aliphatic hydroxyl groups excluding tert-OH is 1. The standard InChI is InChI=1S/C45H50N4O5/c46-40-19-10-11-20-41(40)48-44(52)22-9-3-8-21-43(51)47-38-18-12-17-37(27-38)45-53-39(28-42(54-45)36-25-23-35(32-50)24-26-36)31-49(29-33-13-4-1-5-14-33)30-34-15-6-2-7-16-34/h1-2,4-7,10-20,23-27,39,42,45,50H,3,8-9,21-22,28-32,46H2,(H,47,51)(H,48,52)/t39-,42+,45+/m1/s1. The van der Waals surface area contributed by atoms with E-state index in [2.05, 4.69) is 64.1 Å². The zero-order valence-corrected chi connectivity index (χ0v) is 30.6. The molecule has 5 N–H and O–H groups in total. The number of carbonyl (C=O) groups excluding carboxylic acids is 2. The van der Waals surface area contributed by atoms with Gasteiger partial charge in [0.25, 0.3) is 0 Å². The minimum Gasteiger partial charge on any atom is -0.397 e. The molecular formula is C45H50N4O5. The first kappa shape index (κ1) is 38.4. The van der Waals surface area contributed by atoms with E-state index in [0.717, 1.165) is 36.2 Å². The Balaban J connectivity index is 1.09. The highest BCUT2D eigenvalue weighted by atomic mass is 16.7. The van der Waals surface area contributed by atoms with Gasteiger partial charge < -0.3 is 30.9 Å². The summed E-state index contributed by atoms with van der Waals surface area (Å²) in [5.41, 5.74) is 12.9. The lowest BCUT2D eigenvalue weighted by Crippen LogP contribution is -2.39. The van der Waals surface area contributed by atoms with Crippen molar-refractivity contribution in [3.63, 3.8) is 0 Å². The molecular weight excluding hydrogens is 677 g/mol. The monoisotopic (exact) mass is 726 g/mol. The molecule has 1 saturated heterocycles. The van der Waals surface area contributed by atoms with Crippen LogP contribution in [0.4, 0.5) is 17.1 Å². The molecule has 0 saturated carbocycles. The zero-order chi connectivity index (χ0) is 37.5. The Kier molecular flexibility index (Phi) is 14.0. The fraction of sp³-hybridized carbons (Fsp3) is 0.289. The SMILES string of the molecule is Nc1ccccc1NC(=O)CCCCCC(=O)Nc1cccc([C@H]2O[C@@H](CN(Cc3ccccc3)Cc3ccccc3)C[C@@H](c3ccc(CO)cc3)O2)c1. The van der Waals surface area contributed by atoms with Gasteiger partial charge >= 0.3 is 0 Å². The Morgan fingerprint density at radius 2 is 1.30 bits per heavy atom. The van der Waals surface area contributed by atoms with Gasteiger partial charge in [0.05, 0.1) is 30.2 Å². The third kappa shape index (κ3) is 11.6. The third-order valence-electron chi connectivity index (χ3n) is 9.56. The zero-order valence-electron chi connectivity index (χ0n) is 30.6. The number of amides is 2. The number of rotatable bonds is 17. The van der Waals surface area contributed by atoms with Crippen LogP contribution in [0.1, 0.15) is 78.7 Å². The molecule has 280 valence electrons. The largest absolute Gasteiger partial charge is 0.397 e. The highest BCUT2D eigenvalue weighted by Gasteiger charge is 2.33. The number of hydrogen-bond donors (Lipinski definition) is 4. The Bertz CT molecular complexity index is 1880. The molecule has 5 aromatic rings. The van der Waals surface area contributed by atoms with Crippen molar-refractivity contribution in [1.82, 2.24) is 4.90 Å². The molecule has 6 rings (SSSR count). The number of para-hydroxylation sites is 2. The summed E-state index contributed by atoms with van der Waals surface area (Å²) in [6.07, 6.45) is 2.43. The van der Waals surface area contributed by atoms with Gasteiger partial charge in [-0.2, -0.15) is 0 Å². The molecule has 0 spiro atoms. The normalized spacial score (nSPS) is 16.9. The van der Waals surface area contributed by atoms with Crippen LogP contribution in [0.3, 0.4) is 0 Å². The Morgan fingerprint density at radius 1 is 0.667 bits per heavy atom. The minimum atomic E-state index is -0.657. The van der Waals surface area contributed by atoms with Gasteiger partial charge in [-0.25, -0.2) is 0 Å². The summed E-state index contributed by atoms with van der Waals surface area (Å²) < 4.78 is 13.4. The number of hydrogen-bond acceptors (Lipinski definition) is 7. The summed E-state index contributed by atoms with van der Waals surface area (Å²) in [7, 11) is 0. The van der Waals surface area contributed by atoms with E-state index in [1.54, 1.807) is 12.1 Å². The van der Waals surface area contributed by atoms with Crippen molar-refractivity contribution in [2.24, 2.45) is 0 Å². The molecule has 3 atom stereocenters. The molecule has 1 heterocycles. The van der Waals surface area contributed by atoms with Gasteiger partial charge in [0.2, 0.25) is 11.8 Å². The minimum absolute atomic E-state index is 0.0194. The summed E-state index contributed by atoms with van der Waals surface area (Å²) in [6.45, 7) is 2.21. The van der Waals surface area contributed by atoms with E-state index in [9.17, 15) is 14.7 Å². The van der Waals surface area contributed by atoms with Gasteiger partial charge in [-0.3, -0.25) is 14.5 Å². The van der Waals surface area contributed by atoms with Crippen LogP contribution in [0.25, 0.3) is 0 Å². The Morgan fingerprint density at radius 3 is 1.94 bits per heavy atom. The molecule has 1 aliphatic rings. The molecule has 0 aromatic heterocycles. The first-order valence-electron chi connectivity index (χ1n) is 18.8. The third-order valence-corrected chi connectivity index (χ3v) is 9.56. The topological polar surface area (TPSA) is 126 Å². The van der Waals surface area contributed by atoms with Gasteiger partial charge in [-0.05, 0) is 59.4 Å². The van der Waals surface area contributed by atoms with Crippen LogP contribution in [0.15, 0.2) is 133 Å². The summed E-state index contributed by atoms with van der Waals surface area (Å²) in [4.78, 5) is 27.7. The van der Waals surface area contributed by atoms with Gasteiger partial charge in [-0.1, -0.05) is 116 Å². The summed E-state index contributed by atoms with van der Waals surface area (Å²) in [6, 6.07) is 43.7.